The highest BCUT2D eigenvalue weighted by molar-refractivity contribution is 5.80. The molecule has 3 rings (SSSR count). The van der Waals surface area contributed by atoms with Crippen molar-refractivity contribution >= 4 is 18.3 Å². The Balaban J connectivity index is 1.71. The van der Waals surface area contributed by atoms with Crippen LogP contribution in [-0.2, 0) is 19.2 Å². The maximum Gasteiger partial charge on any atom is 0.533 e. The van der Waals surface area contributed by atoms with E-state index in [1.54, 1.807) is 0 Å². The van der Waals surface area contributed by atoms with Gasteiger partial charge in [-0.25, -0.2) is 4.79 Å². The number of fused-ring (bicyclic) bond motifs is 3. The normalized spacial score (nSPS) is 12.1. The van der Waals surface area contributed by atoms with Gasteiger partial charge in [-0.3, -0.25) is 4.79 Å². The molecule has 0 aliphatic heterocycles. The standard InChI is InChI=1S/C22H23NO5/c1-14-6-8-16-17-9-7-15(2)12-19(17)20(18(16)11-14)13-27-22(26)28-23(3)21(25)5-4-10-24/h6-12,20H,4-5,13H2,1-3H3. The summed E-state index contributed by atoms with van der Waals surface area (Å²) in [4.78, 5) is 39.0. The van der Waals surface area contributed by atoms with Gasteiger partial charge in [-0.2, -0.15) is 5.06 Å². The molecular weight excluding hydrogens is 358 g/mol. The molecular formula is C22H23NO5. The van der Waals surface area contributed by atoms with Crippen molar-refractivity contribution in [3.63, 3.8) is 0 Å². The number of aryl methyl sites for hydroxylation is 2. The van der Waals surface area contributed by atoms with E-state index >= 15 is 0 Å². The van der Waals surface area contributed by atoms with Crippen LogP contribution in [0.4, 0.5) is 4.79 Å². The van der Waals surface area contributed by atoms with Gasteiger partial charge in [0.25, 0.3) is 5.91 Å². The van der Waals surface area contributed by atoms with E-state index in [4.69, 9.17) is 9.57 Å². The number of nitrogens with zero attached hydrogens (tertiary/aromatic N) is 1. The second kappa shape index (κ2) is 8.25. The average Bonchev–Trinajstić information content (AvgIpc) is 2.96. The Morgan fingerprint density at radius 1 is 1.04 bits per heavy atom. The van der Waals surface area contributed by atoms with Gasteiger partial charge in [0.1, 0.15) is 12.9 Å². The molecule has 0 radical (unpaired) electrons. The van der Waals surface area contributed by atoms with Gasteiger partial charge in [0.05, 0.1) is 0 Å². The minimum absolute atomic E-state index is 0.0186. The molecule has 0 spiro atoms. The number of hydroxylamine groups is 2. The quantitative estimate of drug-likeness (QED) is 0.446. The molecule has 0 heterocycles. The molecule has 0 saturated heterocycles. The highest BCUT2D eigenvalue weighted by atomic mass is 16.8. The first kappa shape index (κ1) is 19.6. The fourth-order valence-corrected chi connectivity index (χ4v) is 3.46. The zero-order valence-electron chi connectivity index (χ0n) is 16.2. The average molecular weight is 381 g/mol. The lowest BCUT2D eigenvalue weighted by Gasteiger charge is -2.18. The predicted octanol–water partition coefficient (Wildman–Crippen LogP) is 3.92. The molecule has 28 heavy (non-hydrogen) atoms. The molecule has 1 amide bonds. The van der Waals surface area contributed by atoms with Crippen LogP contribution in [0.2, 0.25) is 0 Å². The highest BCUT2D eigenvalue weighted by Gasteiger charge is 2.30. The Kier molecular flexibility index (Phi) is 5.78. The summed E-state index contributed by atoms with van der Waals surface area (Å²) in [6.07, 6.45) is -0.244. The first-order chi connectivity index (χ1) is 13.4. The molecule has 0 N–H and O–H groups in total. The lowest BCUT2D eigenvalue weighted by atomic mass is 9.96. The highest BCUT2D eigenvalue weighted by Crippen LogP contribution is 2.45. The Bertz CT molecular complexity index is 870. The third-order valence-electron chi connectivity index (χ3n) is 4.86. The van der Waals surface area contributed by atoms with E-state index in [0.717, 1.165) is 38.4 Å². The van der Waals surface area contributed by atoms with Crippen LogP contribution in [0.1, 0.15) is 41.0 Å². The molecule has 0 atom stereocenters. The topological polar surface area (TPSA) is 72.9 Å². The molecule has 146 valence electrons. The van der Waals surface area contributed by atoms with Crippen molar-refractivity contribution in [1.82, 2.24) is 5.06 Å². The maximum absolute atomic E-state index is 12.0. The zero-order valence-corrected chi connectivity index (χ0v) is 16.2. The largest absolute Gasteiger partial charge is 0.533 e. The van der Waals surface area contributed by atoms with Gasteiger partial charge in [-0.15, -0.1) is 0 Å². The summed E-state index contributed by atoms with van der Waals surface area (Å²) in [5.41, 5.74) is 6.79. The lowest BCUT2D eigenvalue weighted by Crippen LogP contribution is -2.30. The third kappa shape index (κ3) is 4.06. The summed E-state index contributed by atoms with van der Waals surface area (Å²) >= 11 is 0. The summed E-state index contributed by atoms with van der Waals surface area (Å²) in [6, 6.07) is 12.5. The van der Waals surface area contributed by atoms with E-state index in [1.165, 1.54) is 7.05 Å². The Morgan fingerprint density at radius 2 is 1.61 bits per heavy atom. The molecule has 6 nitrogen and oxygen atoms in total. The van der Waals surface area contributed by atoms with Crippen LogP contribution in [0.15, 0.2) is 36.4 Å². The number of benzene rings is 2. The second-order valence-corrected chi connectivity index (χ2v) is 6.98. The van der Waals surface area contributed by atoms with Crippen LogP contribution in [-0.4, -0.2) is 37.1 Å². The molecule has 1 aliphatic carbocycles. The van der Waals surface area contributed by atoms with Crippen molar-refractivity contribution in [2.45, 2.75) is 32.6 Å². The third-order valence-corrected chi connectivity index (χ3v) is 4.86. The van der Waals surface area contributed by atoms with Crippen LogP contribution in [0, 0.1) is 13.8 Å². The number of rotatable bonds is 5. The van der Waals surface area contributed by atoms with Crippen LogP contribution < -0.4 is 0 Å². The molecule has 1 aliphatic rings. The predicted molar refractivity (Wildman–Crippen MR) is 104 cm³/mol. The van der Waals surface area contributed by atoms with Gasteiger partial charge < -0.3 is 14.4 Å². The molecule has 2 aromatic rings. The summed E-state index contributed by atoms with van der Waals surface area (Å²) in [5, 5.41) is 0.802. The van der Waals surface area contributed by atoms with Gasteiger partial charge >= 0.3 is 6.16 Å². The first-order valence-electron chi connectivity index (χ1n) is 9.17. The fourth-order valence-electron chi connectivity index (χ4n) is 3.46. The van der Waals surface area contributed by atoms with E-state index < -0.39 is 12.1 Å². The van der Waals surface area contributed by atoms with E-state index in [9.17, 15) is 14.4 Å². The van der Waals surface area contributed by atoms with Crippen molar-refractivity contribution in [2.24, 2.45) is 0 Å². The Morgan fingerprint density at radius 3 is 2.14 bits per heavy atom. The minimum Gasteiger partial charge on any atom is -0.432 e. The van der Waals surface area contributed by atoms with E-state index in [2.05, 4.69) is 36.4 Å². The van der Waals surface area contributed by atoms with Crippen molar-refractivity contribution in [3.8, 4) is 11.1 Å². The van der Waals surface area contributed by atoms with Gasteiger partial charge in [0, 0.05) is 25.8 Å². The summed E-state index contributed by atoms with van der Waals surface area (Å²) in [7, 11) is 1.32. The van der Waals surface area contributed by atoms with Crippen molar-refractivity contribution in [2.75, 3.05) is 13.7 Å². The van der Waals surface area contributed by atoms with Gasteiger partial charge in [0.15, 0.2) is 0 Å². The van der Waals surface area contributed by atoms with Crippen LogP contribution >= 0.6 is 0 Å². The van der Waals surface area contributed by atoms with Crippen molar-refractivity contribution < 1.29 is 24.0 Å². The second-order valence-electron chi connectivity index (χ2n) is 6.98. The molecule has 0 aromatic heterocycles. The maximum atomic E-state index is 12.0. The lowest BCUT2D eigenvalue weighted by molar-refractivity contribution is -0.166. The Hall–Kier alpha value is -3.15. The van der Waals surface area contributed by atoms with E-state index in [-0.39, 0.29) is 25.4 Å². The summed E-state index contributed by atoms with van der Waals surface area (Å²) in [6.45, 7) is 4.17. The minimum atomic E-state index is -0.947. The number of hydrogen-bond acceptors (Lipinski definition) is 5. The first-order valence-corrected chi connectivity index (χ1v) is 9.17. The molecule has 6 heteroatoms. The molecule has 2 aromatic carbocycles. The monoisotopic (exact) mass is 381 g/mol. The van der Waals surface area contributed by atoms with Crippen LogP contribution in [0.5, 0.6) is 0 Å². The van der Waals surface area contributed by atoms with Crippen LogP contribution in [0.25, 0.3) is 11.1 Å². The van der Waals surface area contributed by atoms with Crippen molar-refractivity contribution in [3.05, 3.63) is 58.7 Å². The number of hydrogen-bond donors (Lipinski definition) is 0. The number of amides is 1. The fraction of sp³-hybridized carbons (Fsp3) is 0.318. The number of carbonyl (C=O) groups is 3. The summed E-state index contributed by atoms with van der Waals surface area (Å²) < 4.78 is 5.32. The summed E-state index contributed by atoms with van der Waals surface area (Å²) in [5.74, 6) is -0.555. The molecule has 0 bridgehead atoms. The van der Waals surface area contributed by atoms with Crippen molar-refractivity contribution in [1.29, 1.82) is 0 Å². The Labute approximate surface area is 164 Å². The SMILES string of the molecule is Cc1ccc2c(c1)C(COC(=O)ON(C)C(=O)CCC=O)c1cc(C)ccc1-2. The van der Waals surface area contributed by atoms with Gasteiger partial charge in [-0.1, -0.05) is 47.5 Å². The molecule has 0 fully saturated rings. The number of aldehydes is 1. The van der Waals surface area contributed by atoms with E-state index in [1.807, 2.05) is 13.8 Å². The number of carbonyl (C=O) groups excluding carboxylic acids is 3. The zero-order chi connectivity index (χ0) is 20.3. The van der Waals surface area contributed by atoms with Gasteiger partial charge in [0.2, 0.25) is 0 Å². The molecule has 0 unspecified atom stereocenters. The van der Waals surface area contributed by atoms with Crippen LogP contribution in [0.3, 0.4) is 0 Å². The smallest absolute Gasteiger partial charge is 0.432 e. The van der Waals surface area contributed by atoms with E-state index in [0.29, 0.717) is 6.29 Å². The van der Waals surface area contributed by atoms with Gasteiger partial charge in [-0.05, 0) is 36.1 Å². The molecule has 0 saturated carbocycles. The number of ether oxygens (including phenoxy) is 1.